The molecular weight excluding hydrogens is 418 g/mol. The minimum atomic E-state index is -0.974. The number of halogens is 1. The van der Waals surface area contributed by atoms with E-state index in [9.17, 15) is 14.7 Å². The van der Waals surface area contributed by atoms with Crippen LogP contribution < -0.4 is 10.2 Å². The van der Waals surface area contributed by atoms with Gasteiger partial charge in [-0.2, -0.15) is 0 Å². The number of carboxylic acid groups (broad SMARTS) is 1. The van der Waals surface area contributed by atoms with Crippen molar-refractivity contribution in [1.82, 2.24) is 20.3 Å². The van der Waals surface area contributed by atoms with Gasteiger partial charge in [0.1, 0.15) is 4.88 Å². The van der Waals surface area contributed by atoms with Crippen molar-refractivity contribution in [3.8, 4) is 0 Å². The number of thiazole rings is 1. The largest absolute Gasteiger partial charge is 0.477 e. The van der Waals surface area contributed by atoms with E-state index in [4.69, 9.17) is 16.3 Å². The molecule has 9 nitrogen and oxygen atoms in total. The Morgan fingerprint density at radius 3 is 2.76 bits per heavy atom. The third-order valence-electron chi connectivity index (χ3n) is 4.80. The molecule has 29 heavy (non-hydrogen) atoms. The van der Waals surface area contributed by atoms with Gasteiger partial charge in [0, 0.05) is 19.7 Å². The summed E-state index contributed by atoms with van der Waals surface area (Å²) in [6.45, 7) is 7.14. The number of carboxylic acids is 1. The van der Waals surface area contributed by atoms with Gasteiger partial charge in [0.15, 0.2) is 16.1 Å². The number of aryl methyl sites for hydroxylation is 2. The Bertz CT molecular complexity index is 899. The Labute approximate surface area is 177 Å². The molecule has 2 aromatic heterocycles. The summed E-state index contributed by atoms with van der Waals surface area (Å²) >= 11 is 7.19. The molecule has 158 valence electrons. The number of hydrogen-bond acceptors (Lipinski definition) is 7. The van der Waals surface area contributed by atoms with Gasteiger partial charge in [0.2, 0.25) is 0 Å². The molecule has 2 aromatic rings. The minimum Gasteiger partial charge on any atom is -0.477 e. The summed E-state index contributed by atoms with van der Waals surface area (Å²) in [7, 11) is 0. The van der Waals surface area contributed by atoms with Gasteiger partial charge >= 0.3 is 5.97 Å². The van der Waals surface area contributed by atoms with Crippen LogP contribution in [0.2, 0.25) is 5.15 Å². The number of aromatic carboxylic acids is 1. The van der Waals surface area contributed by atoms with Crippen LogP contribution in [0, 0.1) is 6.92 Å². The first kappa shape index (κ1) is 21.5. The fourth-order valence-electron chi connectivity index (χ4n) is 3.32. The van der Waals surface area contributed by atoms with E-state index in [1.165, 1.54) is 0 Å². The summed E-state index contributed by atoms with van der Waals surface area (Å²) in [5, 5.41) is 13.2. The maximum atomic E-state index is 12.6. The minimum absolute atomic E-state index is 0.186. The quantitative estimate of drug-likeness (QED) is 0.603. The number of aromatic nitrogens is 3. The van der Waals surface area contributed by atoms with Gasteiger partial charge in [0.25, 0.3) is 5.91 Å². The van der Waals surface area contributed by atoms with Crippen LogP contribution in [0.25, 0.3) is 0 Å². The van der Waals surface area contributed by atoms with Gasteiger partial charge < -0.3 is 25.0 Å². The Hall–Kier alpha value is -2.17. The van der Waals surface area contributed by atoms with Crippen molar-refractivity contribution in [2.75, 3.05) is 24.6 Å². The zero-order valence-corrected chi connectivity index (χ0v) is 18.1. The fourth-order valence-corrected chi connectivity index (χ4v) is 4.53. The molecule has 0 radical (unpaired) electrons. The van der Waals surface area contributed by atoms with Crippen molar-refractivity contribution in [2.24, 2.45) is 0 Å². The van der Waals surface area contributed by atoms with E-state index in [0.717, 1.165) is 17.0 Å². The second-order valence-corrected chi connectivity index (χ2v) is 8.07. The molecular formula is C18H24ClN5O4S. The maximum absolute atomic E-state index is 12.6. The van der Waals surface area contributed by atoms with E-state index in [-0.39, 0.29) is 28.8 Å². The molecule has 1 aliphatic rings. The molecule has 0 bridgehead atoms. The van der Waals surface area contributed by atoms with Crippen LogP contribution >= 0.6 is 22.9 Å². The van der Waals surface area contributed by atoms with Crippen molar-refractivity contribution in [3.05, 3.63) is 27.2 Å². The van der Waals surface area contributed by atoms with Crippen LogP contribution in [0.3, 0.4) is 0 Å². The number of anilines is 1. The highest BCUT2D eigenvalue weighted by molar-refractivity contribution is 7.17. The first-order valence-corrected chi connectivity index (χ1v) is 10.7. The number of piperidine rings is 1. The number of aromatic amines is 1. The normalized spacial score (nSPS) is 19.4. The van der Waals surface area contributed by atoms with Crippen molar-refractivity contribution in [1.29, 1.82) is 0 Å². The van der Waals surface area contributed by atoms with E-state index in [1.807, 2.05) is 18.7 Å². The lowest BCUT2D eigenvalue weighted by molar-refractivity contribution is 0.0271. The second kappa shape index (κ2) is 9.10. The average molecular weight is 442 g/mol. The molecule has 1 aliphatic heterocycles. The maximum Gasteiger partial charge on any atom is 0.347 e. The molecule has 2 unspecified atom stereocenters. The van der Waals surface area contributed by atoms with E-state index >= 15 is 0 Å². The van der Waals surface area contributed by atoms with Crippen molar-refractivity contribution < 1.29 is 19.4 Å². The number of hydrogen-bond donors (Lipinski definition) is 3. The van der Waals surface area contributed by atoms with Crippen LogP contribution in [0.15, 0.2) is 0 Å². The van der Waals surface area contributed by atoms with Gasteiger partial charge in [-0.15, -0.1) is 0 Å². The number of imidazole rings is 1. The number of nitrogens with zero attached hydrogens (tertiary/aromatic N) is 3. The predicted molar refractivity (Wildman–Crippen MR) is 110 cm³/mol. The fraction of sp³-hybridized carbons (Fsp3) is 0.556. The summed E-state index contributed by atoms with van der Waals surface area (Å²) in [5.41, 5.74) is 1.23. The third kappa shape index (κ3) is 4.71. The van der Waals surface area contributed by atoms with E-state index in [2.05, 4.69) is 20.3 Å². The molecule has 0 aliphatic carbocycles. The van der Waals surface area contributed by atoms with Crippen LogP contribution in [-0.4, -0.2) is 63.8 Å². The van der Waals surface area contributed by atoms with E-state index in [1.54, 1.807) is 6.92 Å². The summed E-state index contributed by atoms with van der Waals surface area (Å²) in [5.74, 6) is -1.11. The number of nitrogens with one attached hydrogen (secondary N) is 2. The third-order valence-corrected chi connectivity index (χ3v) is 6.32. The van der Waals surface area contributed by atoms with Crippen molar-refractivity contribution in [2.45, 2.75) is 45.8 Å². The first-order chi connectivity index (χ1) is 13.8. The molecule has 0 spiro atoms. The van der Waals surface area contributed by atoms with Gasteiger partial charge in [-0.05, 0) is 26.7 Å². The van der Waals surface area contributed by atoms with Crippen LogP contribution in [0.1, 0.15) is 51.9 Å². The summed E-state index contributed by atoms with van der Waals surface area (Å²) in [4.78, 5) is 37.6. The predicted octanol–water partition coefficient (Wildman–Crippen LogP) is 2.50. The molecule has 3 rings (SSSR count). The number of carbonyl (C=O) groups is 2. The van der Waals surface area contributed by atoms with E-state index < -0.39 is 5.97 Å². The van der Waals surface area contributed by atoms with Gasteiger partial charge in [-0.1, -0.05) is 29.9 Å². The lowest BCUT2D eigenvalue weighted by Crippen LogP contribution is -2.55. The molecule has 2 atom stereocenters. The van der Waals surface area contributed by atoms with Gasteiger partial charge in [-0.3, -0.25) is 4.79 Å². The highest BCUT2D eigenvalue weighted by Gasteiger charge is 2.33. The average Bonchev–Trinajstić information content (AvgIpc) is 3.26. The van der Waals surface area contributed by atoms with Crippen molar-refractivity contribution in [3.63, 3.8) is 0 Å². The van der Waals surface area contributed by atoms with Crippen molar-refractivity contribution >= 4 is 39.9 Å². The first-order valence-electron chi connectivity index (χ1n) is 9.46. The molecule has 3 N–H and O–H groups in total. The molecule has 0 aromatic carbocycles. The Kier molecular flexibility index (Phi) is 6.76. The Morgan fingerprint density at radius 2 is 2.17 bits per heavy atom. The van der Waals surface area contributed by atoms with Crippen LogP contribution in [-0.2, 0) is 11.2 Å². The molecule has 11 heteroatoms. The zero-order chi connectivity index (χ0) is 21.1. The standard InChI is InChI=1S/C18H24ClN5O4S/c1-4-10-14(19)23-15(21-10)16(25)22-11-6-7-24(8-12(11)28-5-2)18-20-9(3)13(29-18)17(26)27/h11-12H,4-8H2,1-3H3,(H,21,23)(H,22,25)(H,26,27). The number of amides is 1. The molecule has 3 heterocycles. The SMILES string of the molecule is CCOC1CN(c2nc(C)c(C(=O)O)s2)CCC1NC(=O)c1nc(Cl)c(CC)[nH]1. The smallest absolute Gasteiger partial charge is 0.347 e. The summed E-state index contributed by atoms with van der Waals surface area (Å²) in [6.07, 6.45) is 1.03. The number of rotatable bonds is 7. The Balaban J connectivity index is 1.70. The molecule has 1 amide bonds. The monoisotopic (exact) mass is 441 g/mol. The highest BCUT2D eigenvalue weighted by atomic mass is 35.5. The second-order valence-electron chi connectivity index (χ2n) is 6.73. The number of carbonyl (C=O) groups excluding carboxylic acids is 1. The lowest BCUT2D eigenvalue weighted by atomic mass is 10.0. The molecule has 1 fully saturated rings. The van der Waals surface area contributed by atoms with Gasteiger partial charge in [0.05, 0.1) is 23.5 Å². The highest BCUT2D eigenvalue weighted by Crippen LogP contribution is 2.29. The van der Waals surface area contributed by atoms with E-state index in [0.29, 0.717) is 48.5 Å². The molecule has 1 saturated heterocycles. The number of H-pyrrole nitrogens is 1. The number of ether oxygens (including phenoxy) is 1. The zero-order valence-electron chi connectivity index (χ0n) is 16.5. The molecule has 0 saturated carbocycles. The van der Waals surface area contributed by atoms with Crippen LogP contribution in [0.4, 0.5) is 5.13 Å². The van der Waals surface area contributed by atoms with Crippen LogP contribution in [0.5, 0.6) is 0 Å². The summed E-state index contributed by atoms with van der Waals surface area (Å²) in [6, 6.07) is -0.201. The van der Waals surface area contributed by atoms with Gasteiger partial charge in [-0.25, -0.2) is 14.8 Å². The topological polar surface area (TPSA) is 120 Å². The Morgan fingerprint density at radius 1 is 1.41 bits per heavy atom. The summed E-state index contributed by atoms with van der Waals surface area (Å²) < 4.78 is 5.87. The lowest BCUT2D eigenvalue weighted by Gasteiger charge is -2.38.